The van der Waals surface area contributed by atoms with Gasteiger partial charge in [-0.1, -0.05) is 0 Å². The number of hydrogen-bond acceptors (Lipinski definition) is 6. The Labute approximate surface area is 143 Å². The third kappa shape index (κ3) is 4.11. The van der Waals surface area contributed by atoms with Gasteiger partial charge in [0, 0.05) is 30.3 Å². The van der Waals surface area contributed by atoms with Gasteiger partial charge in [-0.2, -0.15) is 0 Å². The van der Waals surface area contributed by atoms with Crippen molar-refractivity contribution >= 4 is 16.9 Å². The standard InChI is InChI=1S/C17H17N3O5/c1-23-4-5-24-9-11-6-16(20-10-19-11)25-12-2-3-15-13(7-12)14(8-18-15)17(21)22/h2-3,6-8,10,18H,4-5,9H2,1H3,(H,21,22). The summed E-state index contributed by atoms with van der Waals surface area (Å²) in [7, 11) is 1.61. The highest BCUT2D eigenvalue weighted by Gasteiger charge is 2.12. The van der Waals surface area contributed by atoms with Gasteiger partial charge in [-0.05, 0) is 18.2 Å². The highest BCUT2D eigenvalue weighted by Crippen LogP contribution is 2.26. The Morgan fingerprint density at radius 3 is 2.92 bits per heavy atom. The Morgan fingerprint density at radius 1 is 1.24 bits per heavy atom. The van der Waals surface area contributed by atoms with E-state index in [9.17, 15) is 9.90 Å². The van der Waals surface area contributed by atoms with Crippen molar-refractivity contribution in [1.29, 1.82) is 0 Å². The van der Waals surface area contributed by atoms with Crippen LogP contribution in [0, 0.1) is 0 Å². The maximum absolute atomic E-state index is 11.2. The fourth-order valence-corrected chi connectivity index (χ4v) is 2.29. The highest BCUT2D eigenvalue weighted by atomic mass is 16.5. The summed E-state index contributed by atoms with van der Waals surface area (Å²) in [6.45, 7) is 1.30. The van der Waals surface area contributed by atoms with Crippen molar-refractivity contribution in [1.82, 2.24) is 15.0 Å². The molecule has 3 rings (SSSR count). The van der Waals surface area contributed by atoms with Gasteiger partial charge in [0.1, 0.15) is 12.1 Å². The van der Waals surface area contributed by atoms with Crippen molar-refractivity contribution in [2.45, 2.75) is 6.61 Å². The number of nitrogens with zero attached hydrogens (tertiary/aromatic N) is 2. The number of rotatable bonds is 8. The van der Waals surface area contributed by atoms with Crippen LogP contribution in [-0.2, 0) is 16.1 Å². The first-order valence-electron chi connectivity index (χ1n) is 7.57. The van der Waals surface area contributed by atoms with Crippen LogP contribution >= 0.6 is 0 Å². The molecule has 0 unspecified atom stereocenters. The van der Waals surface area contributed by atoms with E-state index in [2.05, 4.69) is 15.0 Å². The first kappa shape index (κ1) is 16.9. The predicted octanol–water partition coefficient (Wildman–Crippen LogP) is 2.61. The molecule has 25 heavy (non-hydrogen) atoms. The SMILES string of the molecule is COCCOCc1cc(Oc2ccc3[nH]cc(C(=O)O)c3c2)ncn1. The molecule has 0 radical (unpaired) electrons. The number of ether oxygens (including phenoxy) is 3. The van der Waals surface area contributed by atoms with Gasteiger partial charge in [0.15, 0.2) is 0 Å². The summed E-state index contributed by atoms with van der Waals surface area (Å²) in [6.07, 6.45) is 2.85. The minimum absolute atomic E-state index is 0.190. The number of nitrogens with one attached hydrogen (secondary N) is 1. The Hall–Kier alpha value is -2.97. The topological polar surface area (TPSA) is 107 Å². The third-order valence-electron chi connectivity index (χ3n) is 3.49. The second-order valence-corrected chi connectivity index (χ2v) is 5.21. The summed E-state index contributed by atoms with van der Waals surface area (Å²) >= 11 is 0. The number of hydrogen-bond donors (Lipinski definition) is 2. The summed E-state index contributed by atoms with van der Waals surface area (Å²) in [4.78, 5) is 22.3. The first-order valence-corrected chi connectivity index (χ1v) is 7.57. The minimum atomic E-state index is -0.999. The van der Waals surface area contributed by atoms with Crippen LogP contribution in [0.5, 0.6) is 11.6 Å². The zero-order valence-electron chi connectivity index (χ0n) is 13.6. The molecule has 0 bridgehead atoms. The monoisotopic (exact) mass is 343 g/mol. The third-order valence-corrected chi connectivity index (χ3v) is 3.49. The number of methoxy groups -OCH3 is 1. The van der Waals surface area contributed by atoms with E-state index >= 15 is 0 Å². The van der Waals surface area contributed by atoms with Gasteiger partial charge in [0.2, 0.25) is 5.88 Å². The number of carboxylic acids is 1. The highest BCUT2D eigenvalue weighted by molar-refractivity contribution is 6.03. The van der Waals surface area contributed by atoms with E-state index in [4.69, 9.17) is 14.2 Å². The number of aromatic nitrogens is 3. The van der Waals surface area contributed by atoms with Gasteiger partial charge >= 0.3 is 5.97 Å². The van der Waals surface area contributed by atoms with E-state index in [1.807, 2.05) is 0 Å². The van der Waals surface area contributed by atoms with Crippen LogP contribution in [-0.4, -0.2) is 46.4 Å². The van der Waals surface area contributed by atoms with Gasteiger partial charge in [-0.25, -0.2) is 14.8 Å². The maximum atomic E-state index is 11.2. The van der Waals surface area contributed by atoms with Crippen LogP contribution in [0.1, 0.15) is 16.1 Å². The summed E-state index contributed by atoms with van der Waals surface area (Å²) in [5.41, 5.74) is 1.59. The van der Waals surface area contributed by atoms with Crippen molar-refractivity contribution in [3.63, 3.8) is 0 Å². The molecule has 0 fully saturated rings. The van der Waals surface area contributed by atoms with Gasteiger partial charge in [-0.15, -0.1) is 0 Å². The lowest BCUT2D eigenvalue weighted by Gasteiger charge is -2.07. The van der Waals surface area contributed by atoms with Crippen molar-refractivity contribution in [3.05, 3.63) is 48.0 Å². The number of benzene rings is 1. The van der Waals surface area contributed by atoms with E-state index in [1.165, 1.54) is 12.5 Å². The zero-order chi connectivity index (χ0) is 17.6. The molecule has 0 atom stereocenters. The smallest absolute Gasteiger partial charge is 0.337 e. The van der Waals surface area contributed by atoms with E-state index in [0.29, 0.717) is 42.5 Å². The number of aromatic carboxylic acids is 1. The van der Waals surface area contributed by atoms with Gasteiger partial charge in [-0.3, -0.25) is 0 Å². The number of carbonyl (C=O) groups is 1. The number of aromatic amines is 1. The van der Waals surface area contributed by atoms with E-state index in [1.54, 1.807) is 31.4 Å². The Bertz CT molecular complexity index is 878. The van der Waals surface area contributed by atoms with Crippen LogP contribution in [0.25, 0.3) is 10.9 Å². The normalized spacial score (nSPS) is 10.9. The molecule has 2 N–H and O–H groups in total. The number of carboxylic acid groups (broad SMARTS) is 1. The van der Waals surface area contributed by atoms with Crippen LogP contribution in [0.4, 0.5) is 0 Å². The average Bonchev–Trinajstić information content (AvgIpc) is 3.02. The van der Waals surface area contributed by atoms with Crippen LogP contribution in [0.15, 0.2) is 36.8 Å². The molecular formula is C17H17N3O5. The molecule has 0 aliphatic rings. The molecule has 0 spiro atoms. The van der Waals surface area contributed by atoms with Crippen molar-refractivity contribution in [3.8, 4) is 11.6 Å². The molecule has 8 nitrogen and oxygen atoms in total. The molecule has 0 saturated carbocycles. The minimum Gasteiger partial charge on any atom is -0.478 e. The second-order valence-electron chi connectivity index (χ2n) is 5.21. The van der Waals surface area contributed by atoms with Crippen molar-refractivity contribution in [2.75, 3.05) is 20.3 Å². The van der Waals surface area contributed by atoms with E-state index < -0.39 is 5.97 Å². The lowest BCUT2D eigenvalue weighted by Crippen LogP contribution is -2.03. The molecule has 2 heterocycles. The number of H-pyrrole nitrogens is 1. The van der Waals surface area contributed by atoms with Gasteiger partial charge < -0.3 is 24.3 Å². The van der Waals surface area contributed by atoms with Crippen LogP contribution in [0.2, 0.25) is 0 Å². The van der Waals surface area contributed by atoms with Crippen molar-refractivity contribution in [2.24, 2.45) is 0 Å². The Balaban J connectivity index is 1.74. The number of fused-ring (bicyclic) bond motifs is 1. The van der Waals surface area contributed by atoms with Crippen LogP contribution < -0.4 is 4.74 Å². The van der Waals surface area contributed by atoms with E-state index in [-0.39, 0.29) is 5.56 Å². The molecule has 0 aliphatic heterocycles. The summed E-state index contributed by atoms with van der Waals surface area (Å²) < 4.78 is 16.0. The molecule has 130 valence electrons. The lowest BCUT2D eigenvalue weighted by atomic mass is 10.1. The summed E-state index contributed by atoms with van der Waals surface area (Å²) in [6, 6.07) is 6.83. The van der Waals surface area contributed by atoms with Crippen LogP contribution in [0.3, 0.4) is 0 Å². The molecule has 8 heteroatoms. The van der Waals surface area contributed by atoms with Gasteiger partial charge in [0.25, 0.3) is 0 Å². The molecular weight excluding hydrogens is 326 g/mol. The largest absolute Gasteiger partial charge is 0.478 e. The Morgan fingerprint density at radius 2 is 2.12 bits per heavy atom. The predicted molar refractivity (Wildman–Crippen MR) is 88.9 cm³/mol. The molecule has 2 aromatic heterocycles. The zero-order valence-corrected chi connectivity index (χ0v) is 13.6. The Kier molecular flexibility index (Phi) is 5.22. The van der Waals surface area contributed by atoms with Gasteiger partial charge in [0.05, 0.1) is 31.1 Å². The van der Waals surface area contributed by atoms with Crippen molar-refractivity contribution < 1.29 is 24.1 Å². The molecule has 1 aromatic carbocycles. The maximum Gasteiger partial charge on any atom is 0.337 e. The fraction of sp³-hybridized carbons (Fsp3) is 0.235. The van der Waals surface area contributed by atoms with E-state index in [0.717, 1.165) is 5.52 Å². The molecule has 0 amide bonds. The summed E-state index contributed by atoms with van der Waals surface area (Å²) in [5, 5.41) is 9.78. The first-order chi connectivity index (χ1) is 12.2. The molecule has 0 saturated heterocycles. The fourth-order valence-electron chi connectivity index (χ4n) is 2.29. The molecule has 3 aromatic rings. The second kappa shape index (κ2) is 7.73. The lowest BCUT2D eigenvalue weighted by molar-refractivity contribution is 0.0601. The molecule has 0 aliphatic carbocycles. The average molecular weight is 343 g/mol. The summed E-state index contributed by atoms with van der Waals surface area (Å²) in [5.74, 6) is -0.160. The quantitative estimate of drug-likeness (QED) is 0.605.